The second-order valence-corrected chi connectivity index (χ2v) is 5.25. The first kappa shape index (κ1) is 15.5. The minimum Gasteiger partial charge on any atom is -0.321 e. The second-order valence-electron chi connectivity index (χ2n) is 5.25. The number of imidazole rings is 1. The van der Waals surface area contributed by atoms with Crippen molar-refractivity contribution in [2.45, 2.75) is 19.0 Å². The molecular formula is C15H15F3N4O. The van der Waals surface area contributed by atoms with Gasteiger partial charge in [-0.05, 0) is 38.6 Å². The number of H-pyrrole nitrogens is 1. The van der Waals surface area contributed by atoms with Gasteiger partial charge in [-0.3, -0.25) is 4.79 Å². The van der Waals surface area contributed by atoms with Crippen molar-refractivity contribution in [2.75, 3.05) is 13.6 Å². The summed E-state index contributed by atoms with van der Waals surface area (Å²) < 4.78 is 41.1. The molecule has 5 nitrogen and oxygen atoms in total. The van der Waals surface area contributed by atoms with E-state index in [9.17, 15) is 18.0 Å². The van der Waals surface area contributed by atoms with Gasteiger partial charge in [0.15, 0.2) is 0 Å². The van der Waals surface area contributed by atoms with Crippen LogP contribution in [0.2, 0.25) is 0 Å². The van der Waals surface area contributed by atoms with E-state index in [1.54, 1.807) is 31.3 Å². The number of para-hydroxylation sites is 2. The summed E-state index contributed by atoms with van der Waals surface area (Å²) in [4.78, 5) is 19.0. The van der Waals surface area contributed by atoms with Crippen molar-refractivity contribution in [1.29, 1.82) is 0 Å². The molecule has 0 bridgehead atoms. The van der Waals surface area contributed by atoms with Crippen LogP contribution in [0.1, 0.15) is 17.7 Å². The van der Waals surface area contributed by atoms with Crippen molar-refractivity contribution in [3.8, 4) is 0 Å². The lowest BCUT2D eigenvalue weighted by Crippen LogP contribution is -2.26. The molecule has 0 aliphatic rings. The molecule has 2 aromatic heterocycles. The van der Waals surface area contributed by atoms with E-state index in [1.165, 1.54) is 4.40 Å². The molecule has 0 unspecified atom stereocenters. The normalized spacial score (nSPS) is 12.3. The number of rotatable bonds is 4. The molecule has 0 saturated heterocycles. The van der Waals surface area contributed by atoms with Gasteiger partial charge in [0.1, 0.15) is 5.69 Å². The molecule has 0 saturated carbocycles. The first-order valence-corrected chi connectivity index (χ1v) is 7.17. The van der Waals surface area contributed by atoms with Crippen molar-refractivity contribution in [1.82, 2.24) is 19.7 Å². The zero-order chi connectivity index (χ0) is 16.6. The summed E-state index contributed by atoms with van der Waals surface area (Å²) in [6.45, 7) is 0.527. The van der Waals surface area contributed by atoms with Crippen LogP contribution < -0.4 is 10.9 Å². The summed E-state index contributed by atoms with van der Waals surface area (Å²) in [6.07, 6.45) is -4.16. The van der Waals surface area contributed by atoms with Crippen molar-refractivity contribution < 1.29 is 13.2 Å². The van der Waals surface area contributed by atoms with Gasteiger partial charge in [0, 0.05) is 5.56 Å². The Balaban J connectivity index is 2.30. The van der Waals surface area contributed by atoms with E-state index in [0.29, 0.717) is 24.0 Å². The molecule has 3 rings (SSSR count). The van der Waals surface area contributed by atoms with Crippen LogP contribution in [-0.4, -0.2) is 28.0 Å². The molecule has 23 heavy (non-hydrogen) atoms. The summed E-state index contributed by atoms with van der Waals surface area (Å²) in [6, 6.07) is 6.75. The quantitative estimate of drug-likeness (QED) is 0.724. The molecule has 0 spiro atoms. The smallest absolute Gasteiger partial charge is 0.321 e. The number of hydrogen-bond donors (Lipinski definition) is 2. The Bertz CT molecular complexity index is 911. The summed E-state index contributed by atoms with van der Waals surface area (Å²) in [5, 5.41) is 2.86. The topological polar surface area (TPSA) is 62.2 Å². The Hall–Kier alpha value is -2.35. The Morgan fingerprint density at radius 3 is 2.74 bits per heavy atom. The lowest BCUT2D eigenvalue weighted by Gasteiger charge is -2.13. The van der Waals surface area contributed by atoms with E-state index in [4.69, 9.17) is 0 Å². The van der Waals surface area contributed by atoms with E-state index >= 15 is 0 Å². The van der Waals surface area contributed by atoms with E-state index < -0.39 is 17.4 Å². The largest absolute Gasteiger partial charge is 0.431 e. The van der Waals surface area contributed by atoms with Crippen LogP contribution in [0, 0.1) is 0 Å². The predicted octanol–water partition coefficient (Wildman–Crippen LogP) is 2.35. The van der Waals surface area contributed by atoms with Crippen molar-refractivity contribution in [3.63, 3.8) is 0 Å². The number of aromatic amines is 1. The molecule has 0 atom stereocenters. The lowest BCUT2D eigenvalue weighted by atomic mass is 10.1. The molecular weight excluding hydrogens is 309 g/mol. The summed E-state index contributed by atoms with van der Waals surface area (Å²) in [7, 11) is 1.71. The lowest BCUT2D eigenvalue weighted by molar-refractivity contribution is -0.141. The molecule has 0 aliphatic heterocycles. The number of nitrogens with one attached hydrogen (secondary N) is 2. The molecule has 0 radical (unpaired) electrons. The average molecular weight is 324 g/mol. The summed E-state index contributed by atoms with van der Waals surface area (Å²) in [5.41, 5.74) is -0.977. The number of alkyl halides is 3. The molecule has 0 aliphatic carbocycles. The molecule has 2 heterocycles. The predicted molar refractivity (Wildman–Crippen MR) is 80.6 cm³/mol. The Labute approximate surface area is 129 Å². The van der Waals surface area contributed by atoms with Gasteiger partial charge in [0.25, 0.3) is 5.56 Å². The van der Waals surface area contributed by atoms with E-state index in [-0.39, 0.29) is 17.8 Å². The third kappa shape index (κ3) is 2.70. The number of halogens is 3. The minimum absolute atomic E-state index is 0.0352. The number of fused-ring (bicyclic) bond motifs is 3. The van der Waals surface area contributed by atoms with Gasteiger partial charge in [-0.1, -0.05) is 12.1 Å². The highest BCUT2D eigenvalue weighted by atomic mass is 19.4. The number of hydrogen-bond acceptors (Lipinski definition) is 3. The fraction of sp³-hybridized carbons (Fsp3) is 0.333. The van der Waals surface area contributed by atoms with Gasteiger partial charge >= 0.3 is 6.18 Å². The van der Waals surface area contributed by atoms with Crippen LogP contribution in [0.25, 0.3) is 16.8 Å². The van der Waals surface area contributed by atoms with Gasteiger partial charge in [-0.2, -0.15) is 13.2 Å². The minimum atomic E-state index is -4.63. The zero-order valence-electron chi connectivity index (χ0n) is 12.4. The van der Waals surface area contributed by atoms with Crippen molar-refractivity contribution in [2.24, 2.45) is 0 Å². The van der Waals surface area contributed by atoms with Crippen LogP contribution in [0.3, 0.4) is 0 Å². The van der Waals surface area contributed by atoms with Crippen LogP contribution in [0.5, 0.6) is 0 Å². The number of aromatic nitrogens is 3. The fourth-order valence-corrected chi connectivity index (χ4v) is 2.66. The van der Waals surface area contributed by atoms with Crippen molar-refractivity contribution >= 4 is 16.8 Å². The van der Waals surface area contributed by atoms with Gasteiger partial charge in [0.2, 0.25) is 5.78 Å². The van der Waals surface area contributed by atoms with E-state index in [2.05, 4.69) is 15.3 Å². The highest BCUT2D eigenvalue weighted by Crippen LogP contribution is 2.30. The maximum atomic E-state index is 13.3. The molecule has 3 aromatic rings. The number of nitrogens with zero attached hydrogens (tertiary/aromatic N) is 2. The fourth-order valence-electron chi connectivity index (χ4n) is 2.66. The third-order valence-electron chi connectivity index (χ3n) is 3.70. The summed E-state index contributed by atoms with van der Waals surface area (Å²) >= 11 is 0. The third-order valence-corrected chi connectivity index (χ3v) is 3.70. The Morgan fingerprint density at radius 1 is 1.30 bits per heavy atom. The van der Waals surface area contributed by atoms with E-state index in [1.807, 2.05) is 0 Å². The van der Waals surface area contributed by atoms with Crippen LogP contribution >= 0.6 is 0 Å². The first-order valence-electron chi connectivity index (χ1n) is 7.17. The zero-order valence-corrected chi connectivity index (χ0v) is 12.4. The standard InChI is InChI=1S/C15H15F3N4O/c1-19-8-4-5-9-12(15(16,17)18)21-14-20-10-6-2-3-7-11(10)22(14)13(9)23/h2-3,6-7,19H,4-5,8H2,1H3,(H,20,21). The van der Waals surface area contributed by atoms with Gasteiger partial charge < -0.3 is 10.3 Å². The van der Waals surface area contributed by atoms with Gasteiger partial charge in [-0.25, -0.2) is 9.38 Å². The van der Waals surface area contributed by atoms with Gasteiger partial charge in [-0.15, -0.1) is 0 Å². The summed E-state index contributed by atoms with van der Waals surface area (Å²) in [5.74, 6) is -0.0964. The van der Waals surface area contributed by atoms with Crippen molar-refractivity contribution in [3.05, 3.63) is 45.9 Å². The molecule has 122 valence electrons. The maximum absolute atomic E-state index is 13.3. The number of benzene rings is 1. The average Bonchev–Trinajstić information content (AvgIpc) is 2.87. The SMILES string of the molecule is CNCCCc1c(C(F)(F)F)[nH]c2nc3ccccc3n2c1=O. The van der Waals surface area contributed by atoms with Crippen LogP contribution in [-0.2, 0) is 12.6 Å². The second kappa shape index (κ2) is 5.69. The highest BCUT2D eigenvalue weighted by molar-refractivity contribution is 5.79. The Morgan fingerprint density at radius 2 is 2.04 bits per heavy atom. The monoisotopic (exact) mass is 324 g/mol. The molecule has 1 aromatic carbocycles. The van der Waals surface area contributed by atoms with Gasteiger partial charge in [0.05, 0.1) is 11.0 Å². The molecule has 0 fully saturated rings. The van der Waals surface area contributed by atoms with Crippen LogP contribution in [0.4, 0.5) is 13.2 Å². The van der Waals surface area contributed by atoms with E-state index in [0.717, 1.165) is 0 Å². The first-order chi connectivity index (χ1) is 10.9. The van der Waals surface area contributed by atoms with Crippen LogP contribution in [0.15, 0.2) is 29.1 Å². The maximum Gasteiger partial charge on any atom is 0.431 e. The molecule has 2 N–H and O–H groups in total. The Kier molecular flexibility index (Phi) is 3.85. The molecule has 0 amide bonds. The highest BCUT2D eigenvalue weighted by Gasteiger charge is 2.36. The molecule has 8 heteroatoms.